The Labute approximate surface area is 351 Å². The molecule has 0 N–H and O–H groups in total. The van der Waals surface area contributed by atoms with Gasteiger partial charge in [0.1, 0.15) is 0 Å². The van der Waals surface area contributed by atoms with Crippen molar-refractivity contribution < 1.29 is 0 Å². The first-order valence-corrected chi connectivity index (χ1v) is 20.9. The summed E-state index contributed by atoms with van der Waals surface area (Å²) in [6.45, 7) is 0.0827. The number of nitrogens with zero attached hydrogens (tertiary/aromatic N) is 4. The van der Waals surface area contributed by atoms with Crippen LogP contribution < -0.4 is 52.4 Å². The lowest BCUT2D eigenvalue weighted by atomic mass is 9.29. The van der Waals surface area contributed by atoms with E-state index in [1.165, 1.54) is 72.6 Å². The minimum absolute atomic E-state index is 0.0277. The highest BCUT2D eigenvalue weighted by Crippen LogP contribution is 2.52. The first kappa shape index (κ1) is 33.3. The summed E-state index contributed by atoms with van der Waals surface area (Å²) in [7, 11) is 0. The van der Waals surface area contributed by atoms with Crippen LogP contribution in [0.25, 0.3) is 0 Å². The minimum atomic E-state index is 0.0277. The third kappa shape index (κ3) is 4.59. The third-order valence-electron chi connectivity index (χ3n) is 13.0. The van der Waals surface area contributed by atoms with Gasteiger partial charge in [-0.2, -0.15) is 0 Å². The molecule has 0 bridgehead atoms. The molecule has 0 spiro atoms. The van der Waals surface area contributed by atoms with Crippen molar-refractivity contribution in [2.24, 2.45) is 0 Å². The summed E-state index contributed by atoms with van der Waals surface area (Å²) in [4.78, 5) is 10.1. The molecule has 0 fully saturated rings. The van der Waals surface area contributed by atoms with E-state index in [9.17, 15) is 0 Å². The van der Waals surface area contributed by atoms with E-state index in [4.69, 9.17) is 0 Å². The average molecular weight is 763 g/mol. The van der Waals surface area contributed by atoms with Crippen LogP contribution in [0.4, 0.5) is 68.2 Å². The van der Waals surface area contributed by atoms with Gasteiger partial charge in [0.15, 0.2) is 0 Å². The molecule has 6 heteroatoms. The molecule has 9 aromatic rings. The molecule has 0 saturated carbocycles. The number of hydrogen-bond donors (Lipinski definition) is 0. The first-order chi connectivity index (χ1) is 29.8. The van der Waals surface area contributed by atoms with Crippen LogP contribution in [0.5, 0.6) is 0 Å². The SMILES string of the molecule is c1ccc(N(c2ccccc2)c2ccccc2N2c3ccccc3B3c4ccccc4N4c5ccccc5B5c6ccccc6N(c6ccccc6)c6cc2c3c4c65)cc1. The molecular weight excluding hydrogens is 726 g/mol. The van der Waals surface area contributed by atoms with Gasteiger partial charge >= 0.3 is 0 Å². The van der Waals surface area contributed by atoms with E-state index in [0.717, 1.165) is 28.4 Å². The second kappa shape index (κ2) is 12.9. The highest BCUT2D eigenvalue weighted by atomic mass is 15.2. The van der Waals surface area contributed by atoms with Crippen molar-refractivity contribution in [1.29, 1.82) is 0 Å². The molecule has 278 valence electrons. The number of hydrogen-bond acceptors (Lipinski definition) is 4. The monoisotopic (exact) mass is 762 g/mol. The topological polar surface area (TPSA) is 13.0 Å². The zero-order chi connectivity index (χ0) is 39.3. The van der Waals surface area contributed by atoms with Crippen molar-refractivity contribution in [3.05, 3.63) is 218 Å². The van der Waals surface area contributed by atoms with Crippen LogP contribution in [-0.4, -0.2) is 13.4 Å². The molecule has 4 heterocycles. The number of fused-ring (bicyclic) bond motifs is 10. The van der Waals surface area contributed by atoms with Gasteiger partial charge < -0.3 is 19.6 Å². The van der Waals surface area contributed by atoms with E-state index >= 15 is 0 Å². The van der Waals surface area contributed by atoms with Gasteiger partial charge in [0.25, 0.3) is 13.4 Å². The van der Waals surface area contributed by atoms with Crippen LogP contribution in [0.1, 0.15) is 0 Å². The summed E-state index contributed by atoms with van der Waals surface area (Å²) < 4.78 is 0. The van der Waals surface area contributed by atoms with Crippen molar-refractivity contribution in [1.82, 2.24) is 0 Å². The summed E-state index contributed by atoms with van der Waals surface area (Å²) in [6.07, 6.45) is 0. The number of para-hydroxylation sites is 9. The Balaban J connectivity index is 1.18. The maximum atomic E-state index is 2.60. The smallest absolute Gasteiger partial charge is 0.252 e. The fourth-order valence-corrected chi connectivity index (χ4v) is 10.7. The van der Waals surface area contributed by atoms with Crippen LogP contribution in [-0.2, 0) is 0 Å². The van der Waals surface area contributed by atoms with Gasteiger partial charge in [-0.15, -0.1) is 0 Å². The second-order valence-corrected chi connectivity index (χ2v) is 16.0. The zero-order valence-corrected chi connectivity index (χ0v) is 32.7. The number of benzene rings is 9. The fourth-order valence-electron chi connectivity index (χ4n) is 10.7. The van der Waals surface area contributed by atoms with Crippen molar-refractivity contribution in [2.75, 3.05) is 19.6 Å². The zero-order valence-electron chi connectivity index (χ0n) is 32.7. The molecule has 0 aromatic heterocycles. The van der Waals surface area contributed by atoms with Gasteiger partial charge in [-0.25, -0.2) is 0 Å². The highest BCUT2D eigenvalue weighted by Gasteiger charge is 2.51. The highest BCUT2D eigenvalue weighted by molar-refractivity contribution is 7.04. The predicted molar refractivity (Wildman–Crippen MR) is 254 cm³/mol. The lowest BCUT2D eigenvalue weighted by Crippen LogP contribution is -2.68. The predicted octanol–water partition coefficient (Wildman–Crippen LogP) is 9.85. The van der Waals surface area contributed by atoms with E-state index in [1.54, 1.807) is 0 Å². The van der Waals surface area contributed by atoms with Crippen molar-refractivity contribution in [2.45, 2.75) is 0 Å². The van der Waals surface area contributed by atoms with Crippen LogP contribution in [0.15, 0.2) is 218 Å². The van der Waals surface area contributed by atoms with Crippen LogP contribution in [0.3, 0.4) is 0 Å². The Bertz CT molecular complexity index is 3090. The third-order valence-corrected chi connectivity index (χ3v) is 13.0. The number of anilines is 12. The van der Waals surface area contributed by atoms with Gasteiger partial charge in [-0.3, -0.25) is 0 Å². The largest absolute Gasteiger partial charge is 0.312 e. The molecular formula is C54H36B2N4. The fraction of sp³-hybridized carbons (Fsp3) is 0. The molecule has 4 aliphatic heterocycles. The Hall–Kier alpha value is -7.69. The molecule has 0 aliphatic carbocycles. The minimum Gasteiger partial charge on any atom is -0.312 e. The lowest BCUT2D eigenvalue weighted by molar-refractivity contribution is 1.21. The summed E-state index contributed by atoms with van der Waals surface area (Å²) in [6, 6.07) is 80.3. The molecule has 4 nitrogen and oxygen atoms in total. The average Bonchev–Trinajstić information content (AvgIpc) is 3.32. The lowest BCUT2D eigenvalue weighted by Gasteiger charge is -2.51. The van der Waals surface area contributed by atoms with Gasteiger partial charge in [0, 0.05) is 56.9 Å². The Morgan fingerprint density at radius 3 is 1.17 bits per heavy atom. The van der Waals surface area contributed by atoms with Gasteiger partial charge in [-0.05, 0) is 112 Å². The molecule has 4 aliphatic rings. The summed E-state index contributed by atoms with van der Waals surface area (Å²) in [5.74, 6) is 0. The standard InChI is InChI=1S/C54H36B2N4/c1-4-20-37(21-5-1)57(38-22-6-2-7-23-38)48-34-18-19-35-49(48)59-45-31-15-11-27-41(45)56-43-29-13-17-33-47(43)60-46-32-16-12-28-42(46)55-40-26-10-14-30-44(40)58(39-24-8-3-9-25-39)50-36-51(59)53(56)54(60)52(50)55/h1-36H. The van der Waals surface area contributed by atoms with Gasteiger partial charge in [0.2, 0.25) is 0 Å². The van der Waals surface area contributed by atoms with Crippen molar-refractivity contribution in [3.8, 4) is 0 Å². The molecule has 13 rings (SSSR count). The van der Waals surface area contributed by atoms with E-state index in [-0.39, 0.29) is 13.4 Å². The van der Waals surface area contributed by atoms with Crippen molar-refractivity contribution in [3.63, 3.8) is 0 Å². The van der Waals surface area contributed by atoms with Gasteiger partial charge in [-0.1, -0.05) is 140 Å². The van der Waals surface area contributed by atoms with Crippen molar-refractivity contribution >= 4 is 114 Å². The Morgan fingerprint density at radius 1 is 0.300 bits per heavy atom. The Kier molecular flexibility index (Phi) is 7.16. The maximum Gasteiger partial charge on any atom is 0.252 e. The molecule has 0 radical (unpaired) electrons. The number of rotatable bonds is 5. The van der Waals surface area contributed by atoms with E-state index in [2.05, 4.69) is 238 Å². The maximum absolute atomic E-state index is 2.60. The molecule has 0 atom stereocenters. The van der Waals surface area contributed by atoms with Crippen LogP contribution in [0, 0.1) is 0 Å². The molecule has 9 aromatic carbocycles. The normalized spacial score (nSPS) is 13.5. The van der Waals surface area contributed by atoms with E-state index in [1.807, 2.05) is 0 Å². The first-order valence-electron chi connectivity index (χ1n) is 20.9. The summed E-state index contributed by atoms with van der Waals surface area (Å²) >= 11 is 0. The molecule has 0 unspecified atom stereocenters. The molecule has 0 amide bonds. The van der Waals surface area contributed by atoms with E-state index < -0.39 is 0 Å². The van der Waals surface area contributed by atoms with E-state index in [0.29, 0.717) is 0 Å². The second-order valence-electron chi connectivity index (χ2n) is 16.0. The Morgan fingerprint density at radius 2 is 0.667 bits per heavy atom. The summed E-state index contributed by atoms with van der Waals surface area (Å²) in [5, 5.41) is 0. The molecule has 60 heavy (non-hydrogen) atoms. The van der Waals surface area contributed by atoms with Crippen LogP contribution in [0.2, 0.25) is 0 Å². The quantitative estimate of drug-likeness (QED) is 0.162. The molecule has 0 saturated heterocycles. The van der Waals surface area contributed by atoms with Gasteiger partial charge in [0.05, 0.1) is 11.4 Å². The summed E-state index contributed by atoms with van der Waals surface area (Å²) in [5.41, 5.74) is 22.2. The van der Waals surface area contributed by atoms with Crippen LogP contribution >= 0.6 is 0 Å².